The normalized spacial score (nSPS) is 12.1. The smallest absolute Gasteiger partial charge is 0.185 e. The highest BCUT2D eigenvalue weighted by molar-refractivity contribution is 5.80. The van der Waals surface area contributed by atoms with E-state index in [1.165, 1.54) is 0 Å². The molecular weight excluding hydrogens is 190 g/mol. The minimum absolute atomic E-state index is 0.144. The number of nitrogens with zero attached hydrogens (tertiary/aromatic N) is 1. The fourth-order valence-corrected chi connectivity index (χ4v) is 1.42. The summed E-state index contributed by atoms with van der Waals surface area (Å²) < 4.78 is 0. The second-order valence-corrected chi connectivity index (χ2v) is 3.92. The number of carbonyl (C=O) groups excluding carboxylic acids is 1. The lowest BCUT2D eigenvalue weighted by molar-refractivity contribution is -0.122. The van der Waals surface area contributed by atoms with Crippen LogP contribution in [0.15, 0.2) is 4.99 Å². The van der Waals surface area contributed by atoms with Crippen LogP contribution in [0.1, 0.15) is 46.0 Å². The van der Waals surface area contributed by atoms with Crippen LogP contribution in [0.25, 0.3) is 0 Å². The summed E-state index contributed by atoms with van der Waals surface area (Å²) in [5.74, 6) is 0.702. The lowest BCUT2D eigenvalue weighted by Crippen LogP contribution is -2.22. The third-order valence-corrected chi connectivity index (χ3v) is 2.39. The molecule has 4 heteroatoms. The monoisotopic (exact) mass is 213 g/mol. The molecule has 0 aromatic heterocycles. The van der Waals surface area contributed by atoms with Gasteiger partial charge in [0.1, 0.15) is 5.78 Å². The second kappa shape index (κ2) is 8.26. The van der Waals surface area contributed by atoms with Gasteiger partial charge < -0.3 is 11.5 Å². The Bertz CT molecular complexity index is 210. The van der Waals surface area contributed by atoms with E-state index < -0.39 is 0 Å². The standard InChI is InChI=1S/C11H23N3O/c1-3-6-10(15)9(2)7-4-5-8-14-11(12)13/h9H,3-8H2,1-2H3,(H4,12,13,14). The molecule has 0 aliphatic carbocycles. The number of guanidine groups is 1. The molecule has 15 heavy (non-hydrogen) atoms. The number of aliphatic imine (C=N–C) groups is 1. The van der Waals surface area contributed by atoms with Gasteiger partial charge in [-0.25, -0.2) is 0 Å². The van der Waals surface area contributed by atoms with Crippen molar-refractivity contribution in [2.45, 2.75) is 46.0 Å². The molecule has 0 spiro atoms. The largest absolute Gasteiger partial charge is 0.370 e. The molecule has 0 aromatic carbocycles. The maximum atomic E-state index is 11.4. The predicted molar refractivity (Wildman–Crippen MR) is 63.6 cm³/mol. The first-order valence-corrected chi connectivity index (χ1v) is 5.66. The van der Waals surface area contributed by atoms with Crippen LogP contribution < -0.4 is 11.5 Å². The van der Waals surface area contributed by atoms with Crippen LogP contribution in [-0.2, 0) is 4.79 Å². The van der Waals surface area contributed by atoms with Crippen LogP contribution >= 0.6 is 0 Å². The van der Waals surface area contributed by atoms with Crippen molar-refractivity contribution in [1.29, 1.82) is 0 Å². The topological polar surface area (TPSA) is 81.5 Å². The zero-order chi connectivity index (χ0) is 11.7. The zero-order valence-corrected chi connectivity index (χ0v) is 9.83. The van der Waals surface area contributed by atoms with Crippen molar-refractivity contribution in [3.05, 3.63) is 0 Å². The molecule has 1 unspecified atom stereocenters. The SMILES string of the molecule is CCCC(=O)C(C)CCCCN=C(N)N. The van der Waals surface area contributed by atoms with Crippen LogP contribution in [-0.4, -0.2) is 18.3 Å². The molecule has 0 fully saturated rings. The summed E-state index contributed by atoms with van der Waals surface area (Å²) in [7, 11) is 0. The summed E-state index contributed by atoms with van der Waals surface area (Å²) in [4.78, 5) is 15.3. The summed E-state index contributed by atoms with van der Waals surface area (Å²) in [5.41, 5.74) is 10.4. The Morgan fingerprint density at radius 3 is 2.53 bits per heavy atom. The summed E-state index contributed by atoms with van der Waals surface area (Å²) >= 11 is 0. The Balaban J connectivity index is 3.50. The first kappa shape index (κ1) is 13.9. The lowest BCUT2D eigenvalue weighted by Gasteiger charge is -2.08. The van der Waals surface area contributed by atoms with Gasteiger partial charge in [-0.05, 0) is 19.3 Å². The van der Waals surface area contributed by atoms with Crippen molar-refractivity contribution in [3.8, 4) is 0 Å². The molecular formula is C11H23N3O. The van der Waals surface area contributed by atoms with Gasteiger partial charge in [-0.2, -0.15) is 0 Å². The molecule has 0 aromatic rings. The zero-order valence-electron chi connectivity index (χ0n) is 9.83. The third kappa shape index (κ3) is 7.97. The van der Waals surface area contributed by atoms with E-state index in [1.807, 2.05) is 13.8 Å². The van der Waals surface area contributed by atoms with Crippen molar-refractivity contribution in [3.63, 3.8) is 0 Å². The summed E-state index contributed by atoms with van der Waals surface area (Å²) in [5, 5.41) is 0. The van der Waals surface area contributed by atoms with E-state index in [9.17, 15) is 4.79 Å². The molecule has 4 nitrogen and oxygen atoms in total. The van der Waals surface area contributed by atoms with Gasteiger partial charge in [0.15, 0.2) is 5.96 Å². The fraction of sp³-hybridized carbons (Fsp3) is 0.818. The van der Waals surface area contributed by atoms with Gasteiger partial charge in [-0.15, -0.1) is 0 Å². The van der Waals surface area contributed by atoms with E-state index in [4.69, 9.17) is 11.5 Å². The number of nitrogens with two attached hydrogens (primary N) is 2. The number of hydrogen-bond acceptors (Lipinski definition) is 2. The number of carbonyl (C=O) groups is 1. The van der Waals surface area contributed by atoms with Crippen LogP contribution in [0, 0.1) is 5.92 Å². The minimum atomic E-state index is 0.144. The minimum Gasteiger partial charge on any atom is -0.370 e. The summed E-state index contributed by atoms with van der Waals surface area (Å²) in [6.45, 7) is 4.69. The van der Waals surface area contributed by atoms with E-state index in [2.05, 4.69) is 4.99 Å². The van der Waals surface area contributed by atoms with Gasteiger partial charge in [0.2, 0.25) is 0 Å². The molecule has 0 bridgehead atoms. The van der Waals surface area contributed by atoms with Crippen molar-refractivity contribution >= 4 is 11.7 Å². The molecule has 0 aliphatic heterocycles. The van der Waals surface area contributed by atoms with Crippen molar-refractivity contribution in [2.24, 2.45) is 22.4 Å². The molecule has 88 valence electrons. The summed E-state index contributed by atoms with van der Waals surface area (Å²) in [6.07, 6.45) is 4.54. The van der Waals surface area contributed by atoms with Gasteiger partial charge >= 0.3 is 0 Å². The predicted octanol–water partition coefficient (Wildman–Crippen LogP) is 1.44. The average molecular weight is 213 g/mol. The van der Waals surface area contributed by atoms with E-state index in [0.29, 0.717) is 18.7 Å². The summed E-state index contributed by atoms with van der Waals surface area (Å²) in [6, 6.07) is 0. The average Bonchev–Trinajstić information content (AvgIpc) is 2.16. The van der Waals surface area contributed by atoms with E-state index >= 15 is 0 Å². The highest BCUT2D eigenvalue weighted by Crippen LogP contribution is 2.11. The molecule has 4 N–H and O–H groups in total. The number of hydrogen-bond donors (Lipinski definition) is 2. The molecule has 0 radical (unpaired) electrons. The van der Waals surface area contributed by atoms with E-state index in [-0.39, 0.29) is 11.9 Å². The number of Topliss-reactive ketones (excluding diaryl/α,β-unsaturated/α-hetero) is 1. The van der Waals surface area contributed by atoms with Gasteiger partial charge in [-0.3, -0.25) is 9.79 Å². The van der Waals surface area contributed by atoms with Gasteiger partial charge in [-0.1, -0.05) is 20.3 Å². The molecule has 0 saturated carbocycles. The first-order valence-electron chi connectivity index (χ1n) is 5.66. The Hall–Kier alpha value is -1.06. The van der Waals surface area contributed by atoms with Crippen molar-refractivity contribution in [1.82, 2.24) is 0 Å². The van der Waals surface area contributed by atoms with Crippen LogP contribution in [0.5, 0.6) is 0 Å². The van der Waals surface area contributed by atoms with Gasteiger partial charge in [0.05, 0.1) is 0 Å². The number of unbranched alkanes of at least 4 members (excludes halogenated alkanes) is 1. The Labute approximate surface area is 92.1 Å². The molecule has 0 aliphatic rings. The molecule has 0 heterocycles. The van der Waals surface area contributed by atoms with Gasteiger partial charge in [0, 0.05) is 18.9 Å². The Morgan fingerprint density at radius 2 is 2.00 bits per heavy atom. The fourth-order valence-electron chi connectivity index (χ4n) is 1.42. The Morgan fingerprint density at radius 1 is 1.33 bits per heavy atom. The maximum Gasteiger partial charge on any atom is 0.185 e. The van der Waals surface area contributed by atoms with E-state index in [1.54, 1.807) is 0 Å². The third-order valence-electron chi connectivity index (χ3n) is 2.39. The molecule has 0 rings (SSSR count). The van der Waals surface area contributed by atoms with Crippen LogP contribution in [0.2, 0.25) is 0 Å². The van der Waals surface area contributed by atoms with Crippen molar-refractivity contribution in [2.75, 3.05) is 6.54 Å². The quantitative estimate of drug-likeness (QED) is 0.363. The van der Waals surface area contributed by atoms with Crippen LogP contribution in [0.3, 0.4) is 0 Å². The number of rotatable bonds is 8. The molecule has 1 atom stereocenters. The lowest BCUT2D eigenvalue weighted by atomic mass is 9.97. The molecule has 0 amide bonds. The highest BCUT2D eigenvalue weighted by atomic mass is 16.1. The van der Waals surface area contributed by atoms with Crippen LogP contribution in [0.4, 0.5) is 0 Å². The second-order valence-electron chi connectivity index (χ2n) is 3.92. The van der Waals surface area contributed by atoms with Gasteiger partial charge in [0.25, 0.3) is 0 Å². The first-order chi connectivity index (χ1) is 7.07. The highest BCUT2D eigenvalue weighted by Gasteiger charge is 2.10. The molecule has 0 saturated heterocycles. The van der Waals surface area contributed by atoms with Crippen molar-refractivity contribution < 1.29 is 4.79 Å². The maximum absolute atomic E-state index is 11.4. The Kier molecular flexibility index (Phi) is 7.68. The number of ketones is 1. The van der Waals surface area contributed by atoms with E-state index in [0.717, 1.165) is 25.7 Å².